The molecule has 3 atom stereocenters. The van der Waals surface area contributed by atoms with Gasteiger partial charge in [-0.05, 0) is 97.9 Å². The third-order valence-electron chi connectivity index (χ3n) is 10.8. The summed E-state index contributed by atoms with van der Waals surface area (Å²) in [5.41, 5.74) is 13.1. The number of piperidine rings is 1. The normalized spacial score (nSPS) is 20.7. The number of primary amides is 1. The molecule has 0 spiro atoms. The number of methoxy groups -OCH3 is 1. The molecule has 2 N–H and O–H groups in total. The van der Waals surface area contributed by atoms with Crippen LogP contribution in [0.1, 0.15) is 65.8 Å². The first-order valence-electron chi connectivity index (χ1n) is 16.5. The van der Waals surface area contributed by atoms with Gasteiger partial charge in [-0.15, -0.1) is 0 Å². The van der Waals surface area contributed by atoms with Crippen LogP contribution in [0, 0.1) is 17.8 Å². The summed E-state index contributed by atoms with van der Waals surface area (Å²) >= 11 is 0. The highest BCUT2D eigenvalue weighted by molar-refractivity contribution is 6.00. The molecule has 1 aliphatic heterocycles. The number of imidazole rings is 1. The summed E-state index contributed by atoms with van der Waals surface area (Å²) in [5.74, 6) is 2.87. The standard InChI is InChI=1S/C37H40N6O3/c1-5-22-14-23(34(38)44)8-11-27(22)28-12-9-24-16-31(42(35(24)39-28)18-21-6-7-21)36-40-29-15-26(17-32(46-4)33(29)41(36)3)37(45)43-19-25-10-13-30(43)20(25)2/h8-9,11-12,14-17,20-21,25,30H,5-7,10,13,18-19H2,1-4H3,(H2,38,44)/t20-,25?,30?/m1/s1. The SMILES string of the molecule is CCc1cc(C(N)=O)ccc1-c1ccc2cc(-c3nc4cc(C(=O)N5CC6CCC5[C@@H]6C)cc(OC)c4n3C)n(CC3CC3)c2n1. The van der Waals surface area contributed by atoms with Crippen molar-refractivity contribution in [1.29, 1.82) is 0 Å². The Bertz CT molecular complexity index is 2050. The molecule has 3 aromatic heterocycles. The van der Waals surface area contributed by atoms with Crippen LogP contribution in [0.15, 0.2) is 48.5 Å². The lowest BCUT2D eigenvalue weighted by atomic mass is 9.98. The summed E-state index contributed by atoms with van der Waals surface area (Å²) in [6, 6.07) is 16.1. The van der Waals surface area contributed by atoms with E-state index in [9.17, 15) is 9.59 Å². The maximum Gasteiger partial charge on any atom is 0.254 e. The molecule has 8 rings (SSSR count). The maximum absolute atomic E-state index is 13.8. The Morgan fingerprint density at radius 2 is 1.83 bits per heavy atom. The van der Waals surface area contributed by atoms with Gasteiger partial charge in [0.25, 0.3) is 5.91 Å². The number of fused-ring (bicyclic) bond motifs is 4. The molecule has 2 aromatic carbocycles. The molecule has 1 saturated heterocycles. The number of rotatable bonds is 8. The fourth-order valence-electron chi connectivity index (χ4n) is 8.02. The number of amides is 2. The fourth-order valence-corrected chi connectivity index (χ4v) is 8.02. The van der Waals surface area contributed by atoms with Gasteiger partial charge in [-0.2, -0.15) is 0 Å². The number of aromatic nitrogens is 4. The van der Waals surface area contributed by atoms with Crippen molar-refractivity contribution in [2.24, 2.45) is 30.5 Å². The van der Waals surface area contributed by atoms with E-state index in [0.717, 1.165) is 76.3 Å². The number of carbonyl (C=O) groups excluding carboxylic acids is 2. The molecule has 2 amide bonds. The number of benzene rings is 2. The van der Waals surface area contributed by atoms with Crippen molar-refractivity contribution < 1.29 is 14.3 Å². The Morgan fingerprint density at radius 1 is 1.00 bits per heavy atom. The number of carbonyl (C=O) groups is 2. The van der Waals surface area contributed by atoms with E-state index >= 15 is 0 Å². The van der Waals surface area contributed by atoms with Gasteiger partial charge in [0.15, 0.2) is 5.82 Å². The Kier molecular flexibility index (Phi) is 6.70. The van der Waals surface area contributed by atoms with Crippen molar-refractivity contribution in [3.8, 4) is 28.5 Å². The van der Waals surface area contributed by atoms with Crippen molar-refractivity contribution in [1.82, 2.24) is 24.0 Å². The molecule has 5 aromatic rings. The summed E-state index contributed by atoms with van der Waals surface area (Å²) in [4.78, 5) is 38.1. The topological polar surface area (TPSA) is 108 Å². The highest BCUT2D eigenvalue weighted by atomic mass is 16.5. The van der Waals surface area contributed by atoms with Crippen molar-refractivity contribution in [3.63, 3.8) is 0 Å². The monoisotopic (exact) mass is 616 g/mol. The molecule has 9 nitrogen and oxygen atoms in total. The van der Waals surface area contributed by atoms with Crippen molar-refractivity contribution in [2.75, 3.05) is 13.7 Å². The summed E-state index contributed by atoms with van der Waals surface area (Å²) < 4.78 is 10.3. The van der Waals surface area contributed by atoms with Crippen molar-refractivity contribution >= 4 is 33.9 Å². The van der Waals surface area contributed by atoms with E-state index in [-0.39, 0.29) is 5.91 Å². The summed E-state index contributed by atoms with van der Waals surface area (Å²) in [6.07, 6.45) is 5.46. The fraction of sp³-hybridized carbons (Fsp3) is 0.405. The zero-order chi connectivity index (χ0) is 31.9. The van der Waals surface area contributed by atoms with Gasteiger partial charge in [0.1, 0.15) is 16.9 Å². The van der Waals surface area contributed by atoms with Gasteiger partial charge in [-0.3, -0.25) is 9.59 Å². The number of pyridine rings is 1. The van der Waals surface area contributed by atoms with Gasteiger partial charge in [0, 0.05) is 48.3 Å². The number of likely N-dealkylation sites (tertiary alicyclic amines) is 1. The van der Waals surface area contributed by atoms with Gasteiger partial charge in [-0.25, -0.2) is 9.97 Å². The predicted octanol–water partition coefficient (Wildman–Crippen LogP) is 6.21. The molecule has 2 aliphatic carbocycles. The van der Waals surface area contributed by atoms with Crippen LogP contribution in [-0.4, -0.2) is 55.5 Å². The molecule has 2 bridgehead atoms. The Labute approximate surface area is 268 Å². The Hall–Kier alpha value is -4.66. The minimum absolute atomic E-state index is 0.0707. The minimum Gasteiger partial charge on any atom is -0.494 e. The number of hydrogen-bond donors (Lipinski definition) is 1. The quantitative estimate of drug-likeness (QED) is 0.223. The molecular formula is C37H40N6O3. The van der Waals surface area contributed by atoms with Crippen LogP contribution in [0.25, 0.3) is 44.8 Å². The number of nitrogens with zero attached hydrogens (tertiary/aromatic N) is 5. The lowest BCUT2D eigenvalue weighted by Crippen LogP contribution is -2.38. The number of aryl methyl sites for hydroxylation is 2. The maximum atomic E-state index is 13.8. The zero-order valence-corrected chi connectivity index (χ0v) is 26.9. The Balaban J connectivity index is 1.24. The van der Waals surface area contributed by atoms with Crippen LogP contribution in [0.5, 0.6) is 5.75 Å². The summed E-state index contributed by atoms with van der Waals surface area (Å²) in [7, 11) is 3.67. The summed E-state index contributed by atoms with van der Waals surface area (Å²) in [6.45, 7) is 6.05. The second-order valence-electron chi connectivity index (χ2n) is 13.5. The van der Waals surface area contributed by atoms with E-state index in [1.54, 1.807) is 13.2 Å². The predicted molar refractivity (Wildman–Crippen MR) is 179 cm³/mol. The molecule has 2 saturated carbocycles. The zero-order valence-electron chi connectivity index (χ0n) is 26.9. The van der Waals surface area contributed by atoms with Crippen LogP contribution in [0.3, 0.4) is 0 Å². The molecule has 4 heterocycles. The molecule has 3 aliphatic rings. The molecule has 46 heavy (non-hydrogen) atoms. The van der Waals surface area contributed by atoms with E-state index in [4.69, 9.17) is 20.4 Å². The first kappa shape index (κ1) is 28.8. The molecule has 3 fully saturated rings. The molecule has 0 radical (unpaired) electrons. The number of ether oxygens (including phenoxy) is 1. The Morgan fingerprint density at radius 3 is 2.50 bits per heavy atom. The highest BCUT2D eigenvalue weighted by Gasteiger charge is 2.46. The van der Waals surface area contributed by atoms with Gasteiger partial charge >= 0.3 is 0 Å². The van der Waals surface area contributed by atoms with Crippen LogP contribution >= 0.6 is 0 Å². The lowest BCUT2D eigenvalue weighted by molar-refractivity contribution is 0.0695. The highest BCUT2D eigenvalue weighted by Crippen LogP contribution is 2.44. The van der Waals surface area contributed by atoms with E-state index in [2.05, 4.69) is 40.0 Å². The molecule has 236 valence electrons. The molecular weight excluding hydrogens is 576 g/mol. The third-order valence-corrected chi connectivity index (χ3v) is 10.8. The van der Waals surface area contributed by atoms with E-state index < -0.39 is 5.91 Å². The molecule has 9 heteroatoms. The van der Waals surface area contributed by atoms with Gasteiger partial charge in [-0.1, -0.05) is 19.9 Å². The van der Waals surface area contributed by atoms with Crippen molar-refractivity contribution in [3.05, 3.63) is 65.2 Å². The van der Waals surface area contributed by atoms with Gasteiger partial charge in [0.05, 0.1) is 24.0 Å². The average molecular weight is 617 g/mol. The summed E-state index contributed by atoms with van der Waals surface area (Å²) in [5, 5.41) is 1.04. The van der Waals surface area contributed by atoms with Crippen LogP contribution in [0.4, 0.5) is 0 Å². The second-order valence-corrected chi connectivity index (χ2v) is 13.5. The van der Waals surface area contributed by atoms with Crippen LogP contribution in [-0.2, 0) is 20.0 Å². The minimum atomic E-state index is -0.430. The molecule has 2 unspecified atom stereocenters. The van der Waals surface area contributed by atoms with Crippen molar-refractivity contribution in [2.45, 2.75) is 58.5 Å². The number of hydrogen-bond acceptors (Lipinski definition) is 5. The van der Waals surface area contributed by atoms with E-state index in [0.29, 0.717) is 40.7 Å². The lowest BCUT2D eigenvalue weighted by Gasteiger charge is -2.27. The number of nitrogens with two attached hydrogens (primary N) is 1. The largest absolute Gasteiger partial charge is 0.494 e. The van der Waals surface area contributed by atoms with Crippen LogP contribution in [0.2, 0.25) is 0 Å². The third kappa shape index (κ3) is 4.50. The smallest absolute Gasteiger partial charge is 0.254 e. The second kappa shape index (κ2) is 10.7. The van der Waals surface area contributed by atoms with Gasteiger partial charge < -0.3 is 24.5 Å². The van der Waals surface area contributed by atoms with E-state index in [1.165, 1.54) is 19.3 Å². The first-order chi connectivity index (χ1) is 22.2. The van der Waals surface area contributed by atoms with Crippen LogP contribution < -0.4 is 10.5 Å². The first-order valence-corrected chi connectivity index (χ1v) is 16.5. The van der Waals surface area contributed by atoms with E-state index in [1.807, 2.05) is 37.4 Å². The average Bonchev–Trinajstić information content (AvgIpc) is 3.47. The van der Waals surface area contributed by atoms with Gasteiger partial charge in [0.2, 0.25) is 5.91 Å².